The lowest BCUT2D eigenvalue weighted by molar-refractivity contribution is 0.100. The molecule has 0 spiro atoms. The first-order chi connectivity index (χ1) is 7.56. The van der Waals surface area contributed by atoms with Crippen LogP contribution in [-0.2, 0) is 0 Å². The molecule has 0 heterocycles. The van der Waals surface area contributed by atoms with Crippen LogP contribution in [0.15, 0.2) is 18.2 Å². The second-order valence-electron chi connectivity index (χ2n) is 3.66. The van der Waals surface area contributed by atoms with E-state index in [1.807, 2.05) is 25.1 Å². The maximum absolute atomic E-state index is 10.9. The molecule has 0 fully saturated rings. The number of nitrogens with two attached hydrogens (primary N) is 2. The van der Waals surface area contributed by atoms with Crippen molar-refractivity contribution in [3.8, 4) is 0 Å². The Morgan fingerprint density at radius 2 is 2.19 bits per heavy atom. The van der Waals surface area contributed by atoms with E-state index < -0.39 is 5.91 Å². The van der Waals surface area contributed by atoms with Crippen molar-refractivity contribution >= 4 is 17.3 Å². The summed E-state index contributed by atoms with van der Waals surface area (Å²) in [7, 11) is 3.85. The number of hydrogen-bond donors (Lipinski definition) is 3. The molecule has 0 saturated carbocycles. The Hall–Kier alpha value is -1.75. The van der Waals surface area contributed by atoms with Crippen LogP contribution in [0.2, 0.25) is 0 Å². The number of likely N-dealkylation sites (N-methyl/N-ethyl adjacent to an activating group) is 2. The van der Waals surface area contributed by atoms with Crippen molar-refractivity contribution in [2.24, 2.45) is 5.73 Å². The molecular weight excluding hydrogens is 204 g/mol. The lowest BCUT2D eigenvalue weighted by Gasteiger charge is -2.21. The summed E-state index contributed by atoms with van der Waals surface area (Å²) >= 11 is 0. The summed E-state index contributed by atoms with van der Waals surface area (Å²) in [4.78, 5) is 13.0. The summed E-state index contributed by atoms with van der Waals surface area (Å²) in [6.45, 7) is 1.71. The van der Waals surface area contributed by atoms with Gasteiger partial charge in [0.2, 0.25) is 5.91 Å². The average molecular weight is 222 g/mol. The third-order valence-electron chi connectivity index (χ3n) is 2.42. The maximum Gasteiger partial charge on any atom is 0.248 e. The average Bonchev–Trinajstić information content (AvgIpc) is 2.25. The van der Waals surface area contributed by atoms with Crippen LogP contribution in [0, 0.1) is 0 Å². The fraction of sp³-hybridized carbons (Fsp3) is 0.364. The Bertz CT molecular complexity index is 378. The molecule has 0 aliphatic rings. The third kappa shape index (κ3) is 2.87. The van der Waals surface area contributed by atoms with Crippen LogP contribution in [0.25, 0.3) is 0 Å². The summed E-state index contributed by atoms with van der Waals surface area (Å²) in [6, 6.07) is 5.10. The molecule has 0 atom stereocenters. The topological polar surface area (TPSA) is 84.4 Å². The molecule has 5 N–H and O–H groups in total. The lowest BCUT2D eigenvalue weighted by atomic mass is 10.1. The maximum atomic E-state index is 10.9. The molecule has 1 aromatic rings. The van der Waals surface area contributed by atoms with Crippen LogP contribution in [0.3, 0.4) is 0 Å². The Kier molecular flexibility index (Phi) is 4.13. The first kappa shape index (κ1) is 12.3. The molecule has 16 heavy (non-hydrogen) atoms. The molecule has 1 aromatic carbocycles. The minimum atomic E-state index is -0.462. The van der Waals surface area contributed by atoms with Gasteiger partial charge in [-0.25, -0.2) is 0 Å². The molecule has 1 rings (SSSR count). The van der Waals surface area contributed by atoms with Crippen molar-refractivity contribution in [2.75, 3.05) is 37.8 Å². The molecule has 0 aromatic heterocycles. The standard InChI is InChI=1S/C11H18N4O/c1-14-5-6-15(2)10-4-3-8(11(13)16)7-9(10)12/h3-4,7,14H,5-6,12H2,1-2H3,(H2,13,16). The van der Waals surface area contributed by atoms with Gasteiger partial charge in [-0.05, 0) is 25.2 Å². The van der Waals surface area contributed by atoms with E-state index in [0.717, 1.165) is 18.8 Å². The highest BCUT2D eigenvalue weighted by Gasteiger charge is 2.07. The van der Waals surface area contributed by atoms with Crippen molar-refractivity contribution in [1.29, 1.82) is 0 Å². The quantitative estimate of drug-likeness (QED) is 0.613. The Morgan fingerprint density at radius 3 is 2.69 bits per heavy atom. The Labute approximate surface area is 95.4 Å². The fourth-order valence-electron chi connectivity index (χ4n) is 1.46. The predicted octanol–water partition coefficient (Wildman–Crippen LogP) is 0.0233. The van der Waals surface area contributed by atoms with Gasteiger partial charge in [-0.1, -0.05) is 0 Å². The molecule has 0 aliphatic heterocycles. The smallest absolute Gasteiger partial charge is 0.248 e. The van der Waals surface area contributed by atoms with Gasteiger partial charge in [0, 0.05) is 25.7 Å². The number of primary amides is 1. The van der Waals surface area contributed by atoms with Crippen LogP contribution in [0.5, 0.6) is 0 Å². The first-order valence-electron chi connectivity index (χ1n) is 5.11. The molecule has 0 saturated heterocycles. The van der Waals surface area contributed by atoms with E-state index in [2.05, 4.69) is 5.32 Å². The number of hydrogen-bond acceptors (Lipinski definition) is 4. The van der Waals surface area contributed by atoms with E-state index in [-0.39, 0.29) is 0 Å². The zero-order valence-electron chi connectivity index (χ0n) is 9.66. The van der Waals surface area contributed by atoms with Crippen LogP contribution < -0.4 is 21.7 Å². The summed E-state index contributed by atoms with van der Waals surface area (Å²) in [5, 5.41) is 3.06. The van der Waals surface area contributed by atoms with Gasteiger partial charge in [0.15, 0.2) is 0 Å². The lowest BCUT2D eigenvalue weighted by Crippen LogP contribution is -2.27. The SMILES string of the molecule is CNCCN(C)c1ccc(C(N)=O)cc1N. The summed E-state index contributed by atoms with van der Waals surface area (Å²) in [6.07, 6.45) is 0. The highest BCUT2D eigenvalue weighted by Crippen LogP contribution is 2.22. The number of nitrogens with one attached hydrogen (secondary N) is 1. The second kappa shape index (κ2) is 5.37. The molecule has 5 nitrogen and oxygen atoms in total. The van der Waals surface area contributed by atoms with Crippen LogP contribution >= 0.6 is 0 Å². The third-order valence-corrected chi connectivity index (χ3v) is 2.42. The summed E-state index contributed by atoms with van der Waals surface area (Å²) in [5.41, 5.74) is 12.9. The molecule has 1 amide bonds. The predicted molar refractivity (Wildman–Crippen MR) is 66.6 cm³/mol. The first-order valence-corrected chi connectivity index (χ1v) is 5.11. The number of amides is 1. The Balaban J connectivity index is 2.85. The minimum absolute atomic E-state index is 0.434. The number of carbonyl (C=O) groups is 1. The van der Waals surface area contributed by atoms with Crippen LogP contribution in [-0.4, -0.2) is 33.1 Å². The highest BCUT2D eigenvalue weighted by atomic mass is 16.1. The van der Waals surface area contributed by atoms with E-state index in [1.165, 1.54) is 0 Å². The number of nitrogens with zero attached hydrogens (tertiary/aromatic N) is 1. The van der Waals surface area contributed by atoms with E-state index in [4.69, 9.17) is 11.5 Å². The van der Waals surface area contributed by atoms with Gasteiger partial charge in [0.1, 0.15) is 0 Å². The van der Waals surface area contributed by atoms with E-state index >= 15 is 0 Å². The van der Waals surface area contributed by atoms with Gasteiger partial charge in [0.25, 0.3) is 0 Å². The molecule has 0 radical (unpaired) electrons. The Morgan fingerprint density at radius 1 is 1.50 bits per heavy atom. The molecule has 88 valence electrons. The monoisotopic (exact) mass is 222 g/mol. The largest absolute Gasteiger partial charge is 0.397 e. The van der Waals surface area contributed by atoms with Gasteiger partial charge in [-0.2, -0.15) is 0 Å². The van der Waals surface area contributed by atoms with Crippen LogP contribution in [0.4, 0.5) is 11.4 Å². The number of rotatable bonds is 5. The molecule has 0 aliphatic carbocycles. The van der Waals surface area contributed by atoms with Gasteiger partial charge in [-0.3, -0.25) is 4.79 Å². The number of anilines is 2. The van der Waals surface area contributed by atoms with Crippen molar-refractivity contribution in [3.63, 3.8) is 0 Å². The number of nitrogen functional groups attached to an aromatic ring is 1. The van der Waals surface area contributed by atoms with Gasteiger partial charge >= 0.3 is 0 Å². The zero-order chi connectivity index (χ0) is 12.1. The second-order valence-corrected chi connectivity index (χ2v) is 3.66. The molecule has 0 unspecified atom stereocenters. The van der Waals surface area contributed by atoms with Gasteiger partial charge in [-0.15, -0.1) is 0 Å². The minimum Gasteiger partial charge on any atom is -0.397 e. The van der Waals surface area contributed by atoms with Gasteiger partial charge in [0.05, 0.1) is 11.4 Å². The zero-order valence-corrected chi connectivity index (χ0v) is 9.66. The molecular formula is C11H18N4O. The molecule has 0 bridgehead atoms. The molecule has 5 heteroatoms. The number of carbonyl (C=O) groups excluding carboxylic acids is 1. The van der Waals surface area contributed by atoms with Crippen molar-refractivity contribution in [3.05, 3.63) is 23.8 Å². The number of benzene rings is 1. The van der Waals surface area contributed by atoms with Crippen molar-refractivity contribution in [1.82, 2.24) is 5.32 Å². The normalized spacial score (nSPS) is 10.1. The van der Waals surface area contributed by atoms with Gasteiger partial charge < -0.3 is 21.7 Å². The van der Waals surface area contributed by atoms with E-state index in [0.29, 0.717) is 11.3 Å². The van der Waals surface area contributed by atoms with E-state index in [9.17, 15) is 4.79 Å². The van der Waals surface area contributed by atoms with Crippen molar-refractivity contribution < 1.29 is 4.79 Å². The van der Waals surface area contributed by atoms with Crippen LogP contribution in [0.1, 0.15) is 10.4 Å². The van der Waals surface area contributed by atoms with Crippen molar-refractivity contribution in [2.45, 2.75) is 0 Å². The fourth-order valence-corrected chi connectivity index (χ4v) is 1.46. The summed E-state index contributed by atoms with van der Waals surface area (Å²) < 4.78 is 0. The summed E-state index contributed by atoms with van der Waals surface area (Å²) in [5.74, 6) is -0.462. The van der Waals surface area contributed by atoms with E-state index in [1.54, 1.807) is 12.1 Å². The highest BCUT2D eigenvalue weighted by molar-refractivity contribution is 5.94.